The predicted molar refractivity (Wildman–Crippen MR) is 59.3 cm³/mol. The first-order valence-electron chi connectivity index (χ1n) is 6.16. The highest BCUT2D eigenvalue weighted by Gasteiger charge is 2.37. The van der Waals surface area contributed by atoms with E-state index in [0.29, 0.717) is 18.4 Å². The summed E-state index contributed by atoms with van der Waals surface area (Å²) in [5, 5.41) is 0. The van der Waals surface area contributed by atoms with Crippen LogP contribution in [-0.2, 0) is 9.53 Å². The third-order valence-electron chi connectivity index (χ3n) is 3.62. The van der Waals surface area contributed by atoms with Gasteiger partial charge in [0.25, 0.3) is 0 Å². The number of hydrogen-bond donors (Lipinski definition) is 0. The van der Waals surface area contributed by atoms with Crippen molar-refractivity contribution in [1.29, 1.82) is 0 Å². The fourth-order valence-corrected chi connectivity index (χ4v) is 2.63. The SMILES string of the molecule is CCCCOC(=O)C1CC2C=CC1CC2. The van der Waals surface area contributed by atoms with E-state index in [-0.39, 0.29) is 11.9 Å². The second kappa shape index (κ2) is 4.82. The number of hydrogen-bond acceptors (Lipinski definition) is 2. The van der Waals surface area contributed by atoms with Gasteiger partial charge >= 0.3 is 5.97 Å². The normalized spacial score (nSPS) is 33.0. The van der Waals surface area contributed by atoms with Gasteiger partial charge in [0.1, 0.15) is 0 Å². The third-order valence-corrected chi connectivity index (χ3v) is 3.62. The molecule has 0 N–H and O–H groups in total. The summed E-state index contributed by atoms with van der Waals surface area (Å²) < 4.78 is 5.30. The highest BCUT2D eigenvalue weighted by molar-refractivity contribution is 5.73. The molecule has 84 valence electrons. The molecule has 3 atom stereocenters. The molecule has 1 saturated carbocycles. The number of fused-ring (bicyclic) bond motifs is 2. The quantitative estimate of drug-likeness (QED) is 0.403. The van der Waals surface area contributed by atoms with E-state index in [9.17, 15) is 4.79 Å². The van der Waals surface area contributed by atoms with Gasteiger partial charge in [-0.15, -0.1) is 0 Å². The molecular formula is C13H20O2. The van der Waals surface area contributed by atoms with E-state index in [2.05, 4.69) is 19.1 Å². The lowest BCUT2D eigenvalue weighted by Crippen LogP contribution is -2.34. The summed E-state index contributed by atoms with van der Waals surface area (Å²) in [6.45, 7) is 2.71. The highest BCUT2D eigenvalue weighted by atomic mass is 16.5. The van der Waals surface area contributed by atoms with Crippen LogP contribution in [0, 0.1) is 17.8 Å². The zero-order chi connectivity index (χ0) is 10.7. The summed E-state index contributed by atoms with van der Waals surface area (Å²) in [6, 6.07) is 0. The van der Waals surface area contributed by atoms with Crippen LogP contribution in [0.5, 0.6) is 0 Å². The van der Waals surface area contributed by atoms with Crippen molar-refractivity contribution >= 4 is 5.97 Å². The molecule has 0 aromatic rings. The average Bonchev–Trinajstić information content (AvgIpc) is 2.30. The van der Waals surface area contributed by atoms with Crippen LogP contribution in [-0.4, -0.2) is 12.6 Å². The summed E-state index contributed by atoms with van der Waals surface area (Å²) in [4.78, 5) is 11.8. The number of ether oxygens (including phenoxy) is 1. The van der Waals surface area contributed by atoms with Gasteiger partial charge in [0.15, 0.2) is 0 Å². The molecule has 15 heavy (non-hydrogen) atoms. The minimum absolute atomic E-state index is 0.0440. The lowest BCUT2D eigenvalue weighted by atomic mass is 9.69. The van der Waals surface area contributed by atoms with E-state index in [0.717, 1.165) is 19.3 Å². The van der Waals surface area contributed by atoms with Crippen LogP contribution in [0.25, 0.3) is 0 Å². The molecule has 0 amide bonds. The van der Waals surface area contributed by atoms with Gasteiger partial charge in [0.2, 0.25) is 0 Å². The smallest absolute Gasteiger partial charge is 0.309 e. The Labute approximate surface area is 91.7 Å². The average molecular weight is 208 g/mol. The maximum Gasteiger partial charge on any atom is 0.309 e. The Hall–Kier alpha value is -0.790. The molecule has 3 aliphatic rings. The second-order valence-electron chi connectivity index (χ2n) is 4.75. The topological polar surface area (TPSA) is 26.3 Å². The van der Waals surface area contributed by atoms with Crippen molar-refractivity contribution in [3.8, 4) is 0 Å². The lowest BCUT2D eigenvalue weighted by Gasteiger charge is -2.36. The van der Waals surface area contributed by atoms with E-state index in [1.807, 2.05) is 0 Å². The van der Waals surface area contributed by atoms with Crippen LogP contribution in [0.3, 0.4) is 0 Å². The van der Waals surface area contributed by atoms with Crippen LogP contribution in [0.1, 0.15) is 39.0 Å². The van der Waals surface area contributed by atoms with Crippen LogP contribution in [0.15, 0.2) is 12.2 Å². The molecule has 0 saturated heterocycles. The third kappa shape index (κ3) is 2.42. The van der Waals surface area contributed by atoms with Gasteiger partial charge in [0, 0.05) is 0 Å². The number of carbonyl (C=O) groups is 1. The Balaban J connectivity index is 1.84. The van der Waals surface area contributed by atoms with Crippen LogP contribution < -0.4 is 0 Å². The van der Waals surface area contributed by atoms with Crippen molar-refractivity contribution in [2.45, 2.75) is 39.0 Å². The van der Waals surface area contributed by atoms with Gasteiger partial charge in [-0.05, 0) is 37.5 Å². The summed E-state index contributed by atoms with van der Waals surface area (Å²) >= 11 is 0. The van der Waals surface area contributed by atoms with E-state index in [1.54, 1.807) is 0 Å². The van der Waals surface area contributed by atoms with Gasteiger partial charge < -0.3 is 4.74 Å². The van der Waals surface area contributed by atoms with Crippen molar-refractivity contribution in [2.75, 3.05) is 6.61 Å². The van der Waals surface area contributed by atoms with Crippen molar-refractivity contribution in [3.05, 3.63) is 12.2 Å². The molecule has 0 radical (unpaired) electrons. The molecule has 0 aromatic heterocycles. The zero-order valence-corrected chi connectivity index (χ0v) is 9.45. The molecule has 3 unspecified atom stereocenters. The van der Waals surface area contributed by atoms with Crippen molar-refractivity contribution < 1.29 is 9.53 Å². The predicted octanol–water partition coefficient (Wildman–Crippen LogP) is 2.93. The van der Waals surface area contributed by atoms with Gasteiger partial charge in [-0.2, -0.15) is 0 Å². The largest absolute Gasteiger partial charge is 0.465 e. The molecule has 0 aromatic carbocycles. The molecule has 3 rings (SSSR count). The van der Waals surface area contributed by atoms with Crippen molar-refractivity contribution in [3.63, 3.8) is 0 Å². The van der Waals surface area contributed by atoms with Gasteiger partial charge in [-0.25, -0.2) is 0 Å². The first-order valence-corrected chi connectivity index (χ1v) is 6.16. The second-order valence-corrected chi connectivity index (χ2v) is 4.75. The Kier molecular flexibility index (Phi) is 3.45. The molecule has 0 spiro atoms. The molecule has 1 fully saturated rings. The molecule has 2 bridgehead atoms. The standard InChI is InChI=1S/C13H20O2/c1-2-3-8-15-13(14)12-9-10-4-6-11(12)7-5-10/h4,6,10-12H,2-3,5,7-9H2,1H3. The Morgan fingerprint density at radius 2 is 2.27 bits per heavy atom. The van der Waals surface area contributed by atoms with Crippen molar-refractivity contribution in [2.24, 2.45) is 17.8 Å². The number of unbranched alkanes of at least 4 members (excludes halogenated alkanes) is 1. The lowest BCUT2D eigenvalue weighted by molar-refractivity contribution is -0.152. The molecule has 0 aliphatic heterocycles. The number of esters is 1. The maximum absolute atomic E-state index is 11.8. The fourth-order valence-electron chi connectivity index (χ4n) is 2.63. The minimum Gasteiger partial charge on any atom is -0.465 e. The summed E-state index contributed by atoms with van der Waals surface area (Å²) in [5.74, 6) is 1.30. The Morgan fingerprint density at radius 1 is 1.40 bits per heavy atom. The van der Waals surface area contributed by atoms with E-state index in [4.69, 9.17) is 4.74 Å². The van der Waals surface area contributed by atoms with Crippen LogP contribution in [0.2, 0.25) is 0 Å². The number of rotatable bonds is 4. The van der Waals surface area contributed by atoms with Crippen LogP contribution in [0.4, 0.5) is 0 Å². The van der Waals surface area contributed by atoms with E-state index >= 15 is 0 Å². The minimum atomic E-state index is 0.0440. The molecular weight excluding hydrogens is 188 g/mol. The number of carbonyl (C=O) groups excluding carboxylic acids is 1. The van der Waals surface area contributed by atoms with E-state index < -0.39 is 0 Å². The van der Waals surface area contributed by atoms with Gasteiger partial charge in [-0.1, -0.05) is 25.5 Å². The summed E-state index contributed by atoms with van der Waals surface area (Å²) in [7, 11) is 0. The van der Waals surface area contributed by atoms with Crippen LogP contribution >= 0.6 is 0 Å². The molecule has 3 aliphatic carbocycles. The number of allylic oxidation sites excluding steroid dienone is 2. The first kappa shape index (κ1) is 10.7. The Bertz CT molecular complexity index is 257. The summed E-state index contributed by atoms with van der Waals surface area (Å²) in [6.07, 6.45) is 10.0. The van der Waals surface area contributed by atoms with Gasteiger partial charge in [0.05, 0.1) is 12.5 Å². The molecule has 0 heterocycles. The summed E-state index contributed by atoms with van der Waals surface area (Å²) in [5.41, 5.74) is 0. The maximum atomic E-state index is 11.8. The first-order chi connectivity index (χ1) is 7.31. The van der Waals surface area contributed by atoms with Gasteiger partial charge in [-0.3, -0.25) is 4.79 Å². The monoisotopic (exact) mass is 208 g/mol. The molecule has 2 nitrogen and oxygen atoms in total. The fraction of sp³-hybridized carbons (Fsp3) is 0.769. The highest BCUT2D eigenvalue weighted by Crippen LogP contribution is 2.40. The Morgan fingerprint density at radius 3 is 2.80 bits per heavy atom. The molecule has 2 heteroatoms. The van der Waals surface area contributed by atoms with Crippen molar-refractivity contribution in [1.82, 2.24) is 0 Å². The van der Waals surface area contributed by atoms with E-state index in [1.165, 1.54) is 12.8 Å². The zero-order valence-electron chi connectivity index (χ0n) is 9.45.